The lowest BCUT2D eigenvalue weighted by atomic mass is 9.70. The van der Waals surface area contributed by atoms with Gasteiger partial charge in [0, 0.05) is 12.6 Å². The van der Waals surface area contributed by atoms with Crippen molar-refractivity contribution in [1.29, 1.82) is 0 Å². The lowest BCUT2D eigenvalue weighted by Crippen LogP contribution is -2.44. The fourth-order valence-electron chi connectivity index (χ4n) is 4.18. The molecule has 0 spiro atoms. The Morgan fingerprint density at radius 1 is 1.17 bits per heavy atom. The summed E-state index contributed by atoms with van der Waals surface area (Å²) in [6, 6.07) is 0.706. The average Bonchev–Trinajstić information content (AvgIpc) is 2.74. The number of aliphatic hydroxyl groups excluding tert-OH is 1. The smallest absolute Gasteiger partial charge is 0.0462 e. The molecule has 0 aromatic heterocycles. The van der Waals surface area contributed by atoms with E-state index in [9.17, 15) is 5.11 Å². The third kappa shape index (κ3) is 3.48. The number of rotatable bonds is 4. The first kappa shape index (κ1) is 14.3. The molecule has 106 valence electrons. The van der Waals surface area contributed by atoms with Gasteiger partial charge in [0.15, 0.2) is 0 Å². The van der Waals surface area contributed by atoms with E-state index in [1.165, 1.54) is 38.5 Å². The fourth-order valence-corrected chi connectivity index (χ4v) is 4.18. The molecule has 2 nitrogen and oxygen atoms in total. The van der Waals surface area contributed by atoms with Gasteiger partial charge in [-0.3, -0.25) is 0 Å². The quantitative estimate of drug-likeness (QED) is 0.806. The van der Waals surface area contributed by atoms with Crippen molar-refractivity contribution in [2.75, 3.05) is 13.2 Å². The van der Waals surface area contributed by atoms with Crippen LogP contribution in [0.1, 0.15) is 59.3 Å². The van der Waals surface area contributed by atoms with Gasteiger partial charge in [0.2, 0.25) is 0 Å². The summed E-state index contributed by atoms with van der Waals surface area (Å²) in [7, 11) is 0. The summed E-state index contributed by atoms with van der Waals surface area (Å²) < 4.78 is 0. The first-order valence-corrected chi connectivity index (χ1v) is 7.86. The minimum atomic E-state index is 0.388. The Bertz CT molecular complexity index is 264. The van der Waals surface area contributed by atoms with Crippen LogP contribution in [0.25, 0.3) is 0 Å². The Morgan fingerprint density at radius 3 is 2.56 bits per heavy atom. The van der Waals surface area contributed by atoms with Gasteiger partial charge in [-0.05, 0) is 61.8 Å². The third-order valence-corrected chi connectivity index (χ3v) is 5.39. The molecule has 0 bridgehead atoms. The highest BCUT2D eigenvalue weighted by molar-refractivity contribution is 4.88. The van der Waals surface area contributed by atoms with Gasteiger partial charge in [-0.2, -0.15) is 0 Å². The Kier molecular flexibility index (Phi) is 4.71. The highest BCUT2D eigenvalue weighted by Crippen LogP contribution is 2.39. The summed E-state index contributed by atoms with van der Waals surface area (Å²) in [5.74, 6) is 2.08. The van der Waals surface area contributed by atoms with Gasteiger partial charge >= 0.3 is 0 Å². The first-order valence-electron chi connectivity index (χ1n) is 7.86. The summed E-state index contributed by atoms with van der Waals surface area (Å²) in [5.41, 5.74) is 0.540. The van der Waals surface area contributed by atoms with Gasteiger partial charge in [-0.15, -0.1) is 0 Å². The van der Waals surface area contributed by atoms with Crippen LogP contribution in [0.15, 0.2) is 0 Å². The van der Waals surface area contributed by atoms with Gasteiger partial charge in [-0.1, -0.05) is 27.2 Å². The Labute approximate surface area is 113 Å². The van der Waals surface area contributed by atoms with Gasteiger partial charge in [0.1, 0.15) is 0 Å². The molecular formula is C16H31NO. The minimum absolute atomic E-state index is 0.388. The molecule has 0 aromatic rings. The van der Waals surface area contributed by atoms with E-state index >= 15 is 0 Å². The zero-order chi connectivity index (χ0) is 13.2. The van der Waals surface area contributed by atoms with Crippen molar-refractivity contribution in [3.05, 3.63) is 0 Å². The first-order chi connectivity index (χ1) is 8.52. The monoisotopic (exact) mass is 253 g/mol. The van der Waals surface area contributed by atoms with Crippen molar-refractivity contribution >= 4 is 0 Å². The maximum absolute atomic E-state index is 9.37. The standard InChI is InChI=1S/C16H31NO/c1-12-9-16(2,3)8-7-15(12)17-10-13-5-4-6-14(13)11-18/h12-15,17-18H,4-11H2,1-3H3. The van der Waals surface area contributed by atoms with E-state index in [4.69, 9.17) is 0 Å². The van der Waals surface area contributed by atoms with Gasteiger partial charge < -0.3 is 10.4 Å². The molecule has 0 aromatic carbocycles. The van der Waals surface area contributed by atoms with Crippen LogP contribution < -0.4 is 5.32 Å². The predicted molar refractivity (Wildman–Crippen MR) is 76.5 cm³/mol. The van der Waals surface area contributed by atoms with E-state index in [0.29, 0.717) is 24.0 Å². The molecule has 2 N–H and O–H groups in total. The topological polar surface area (TPSA) is 32.3 Å². The van der Waals surface area contributed by atoms with E-state index in [-0.39, 0.29) is 0 Å². The SMILES string of the molecule is CC1CC(C)(C)CCC1NCC1CCCC1CO. The van der Waals surface area contributed by atoms with E-state index in [1.807, 2.05) is 0 Å². The predicted octanol–water partition coefficient (Wildman–Crippen LogP) is 3.20. The second-order valence-electron chi connectivity index (χ2n) is 7.53. The number of nitrogens with one attached hydrogen (secondary N) is 1. The molecular weight excluding hydrogens is 222 g/mol. The van der Waals surface area contributed by atoms with Crippen LogP contribution in [-0.2, 0) is 0 Å². The summed E-state index contributed by atoms with van der Waals surface area (Å²) in [5, 5.41) is 13.2. The van der Waals surface area contributed by atoms with Crippen LogP contribution in [0.2, 0.25) is 0 Å². The summed E-state index contributed by atoms with van der Waals surface area (Å²) >= 11 is 0. The molecule has 2 aliphatic carbocycles. The van der Waals surface area contributed by atoms with Crippen molar-refractivity contribution in [3.63, 3.8) is 0 Å². The Hall–Kier alpha value is -0.0800. The summed E-state index contributed by atoms with van der Waals surface area (Å²) in [4.78, 5) is 0. The van der Waals surface area contributed by atoms with Gasteiger partial charge in [0.05, 0.1) is 0 Å². The minimum Gasteiger partial charge on any atom is -0.396 e. The van der Waals surface area contributed by atoms with Crippen molar-refractivity contribution in [2.45, 2.75) is 65.3 Å². The molecule has 2 heteroatoms. The van der Waals surface area contributed by atoms with Crippen LogP contribution >= 0.6 is 0 Å². The lowest BCUT2D eigenvalue weighted by molar-refractivity contribution is 0.138. The molecule has 0 aliphatic heterocycles. The maximum atomic E-state index is 9.37. The Morgan fingerprint density at radius 2 is 1.89 bits per heavy atom. The second-order valence-corrected chi connectivity index (χ2v) is 7.53. The normalized spacial score (nSPS) is 40.0. The molecule has 2 fully saturated rings. The third-order valence-electron chi connectivity index (χ3n) is 5.39. The lowest BCUT2D eigenvalue weighted by Gasteiger charge is -2.40. The zero-order valence-electron chi connectivity index (χ0n) is 12.4. The van der Waals surface area contributed by atoms with Crippen LogP contribution in [0.4, 0.5) is 0 Å². The number of hydrogen-bond acceptors (Lipinski definition) is 2. The molecule has 2 aliphatic rings. The van der Waals surface area contributed by atoms with Crippen molar-refractivity contribution in [3.8, 4) is 0 Å². The molecule has 2 rings (SSSR count). The van der Waals surface area contributed by atoms with Crippen molar-refractivity contribution < 1.29 is 5.11 Å². The fraction of sp³-hybridized carbons (Fsp3) is 1.00. The average molecular weight is 253 g/mol. The maximum Gasteiger partial charge on any atom is 0.0462 e. The molecule has 0 saturated heterocycles. The molecule has 0 radical (unpaired) electrons. The van der Waals surface area contributed by atoms with Crippen molar-refractivity contribution in [2.24, 2.45) is 23.2 Å². The van der Waals surface area contributed by atoms with E-state index in [2.05, 4.69) is 26.1 Å². The molecule has 2 saturated carbocycles. The van der Waals surface area contributed by atoms with Crippen LogP contribution in [0.5, 0.6) is 0 Å². The van der Waals surface area contributed by atoms with Gasteiger partial charge in [-0.25, -0.2) is 0 Å². The van der Waals surface area contributed by atoms with Crippen molar-refractivity contribution in [1.82, 2.24) is 5.32 Å². The van der Waals surface area contributed by atoms with Crippen LogP contribution in [0.3, 0.4) is 0 Å². The van der Waals surface area contributed by atoms with E-state index < -0.39 is 0 Å². The number of hydrogen-bond donors (Lipinski definition) is 2. The molecule has 18 heavy (non-hydrogen) atoms. The second kappa shape index (κ2) is 5.92. The van der Waals surface area contributed by atoms with Crippen LogP contribution in [0, 0.1) is 23.2 Å². The van der Waals surface area contributed by atoms with E-state index in [1.54, 1.807) is 0 Å². The summed E-state index contributed by atoms with van der Waals surface area (Å²) in [6.07, 6.45) is 7.87. The zero-order valence-corrected chi connectivity index (χ0v) is 12.4. The van der Waals surface area contributed by atoms with Gasteiger partial charge in [0.25, 0.3) is 0 Å². The van der Waals surface area contributed by atoms with E-state index in [0.717, 1.165) is 18.4 Å². The summed E-state index contributed by atoms with van der Waals surface area (Å²) in [6.45, 7) is 8.72. The Balaban J connectivity index is 1.77. The largest absolute Gasteiger partial charge is 0.396 e. The highest BCUT2D eigenvalue weighted by Gasteiger charge is 2.33. The number of aliphatic hydroxyl groups is 1. The molecule has 4 atom stereocenters. The highest BCUT2D eigenvalue weighted by atomic mass is 16.3. The molecule has 0 amide bonds. The molecule has 0 heterocycles. The van der Waals surface area contributed by atoms with Crippen LogP contribution in [-0.4, -0.2) is 24.3 Å². The molecule has 4 unspecified atom stereocenters.